The van der Waals surface area contributed by atoms with Crippen LogP contribution in [0.1, 0.15) is 26.2 Å². The minimum atomic E-state index is 0.768. The van der Waals surface area contributed by atoms with Gasteiger partial charge in [0.2, 0.25) is 0 Å². The summed E-state index contributed by atoms with van der Waals surface area (Å²) in [5.41, 5.74) is 5.44. The Morgan fingerprint density at radius 2 is 2.10 bits per heavy atom. The summed E-state index contributed by atoms with van der Waals surface area (Å²) in [6, 6.07) is 0. The van der Waals surface area contributed by atoms with Gasteiger partial charge in [-0.25, -0.2) is 0 Å². The number of nitrogens with two attached hydrogens (primary N) is 1. The smallest absolute Gasteiger partial charge is 0.0464 e. The van der Waals surface area contributed by atoms with Gasteiger partial charge in [-0.2, -0.15) is 0 Å². The van der Waals surface area contributed by atoms with Crippen LogP contribution in [0, 0.1) is 5.92 Å². The van der Waals surface area contributed by atoms with Crippen LogP contribution in [-0.2, 0) is 4.74 Å². The predicted octanol–water partition coefficient (Wildman–Crippen LogP) is 1.40. The number of hydrogen-bond donors (Lipinski definition) is 1. The molecule has 0 aromatic rings. The Hall–Kier alpha value is -0.0800. The zero-order chi connectivity index (χ0) is 7.82. The fourth-order valence-corrected chi connectivity index (χ4v) is 1.07. The molecule has 0 amide bonds. The van der Waals surface area contributed by atoms with E-state index in [4.69, 9.17) is 10.5 Å². The summed E-state index contributed by atoms with van der Waals surface area (Å²) in [4.78, 5) is 0. The van der Waals surface area contributed by atoms with E-state index in [1.165, 1.54) is 6.42 Å². The average molecular weight is 145 g/mol. The van der Waals surface area contributed by atoms with Gasteiger partial charge in [0.25, 0.3) is 0 Å². The molecule has 0 radical (unpaired) electrons. The van der Waals surface area contributed by atoms with Crippen LogP contribution in [0.4, 0.5) is 0 Å². The fourth-order valence-electron chi connectivity index (χ4n) is 1.07. The quantitative estimate of drug-likeness (QED) is 0.613. The number of ether oxygens (including phenoxy) is 1. The summed E-state index contributed by atoms with van der Waals surface area (Å²) < 4.78 is 4.98. The van der Waals surface area contributed by atoms with Crippen molar-refractivity contribution in [3.63, 3.8) is 0 Å². The summed E-state index contributed by atoms with van der Waals surface area (Å²) in [5.74, 6) is 0.768. The van der Waals surface area contributed by atoms with Gasteiger partial charge < -0.3 is 10.5 Å². The molecule has 0 rings (SSSR count). The molecule has 62 valence electrons. The minimum Gasteiger partial charge on any atom is -0.385 e. The van der Waals surface area contributed by atoms with Crippen molar-refractivity contribution in [1.29, 1.82) is 0 Å². The number of rotatable bonds is 6. The van der Waals surface area contributed by atoms with E-state index in [0.717, 1.165) is 31.9 Å². The summed E-state index contributed by atoms with van der Waals surface area (Å²) in [5, 5.41) is 0. The largest absolute Gasteiger partial charge is 0.385 e. The van der Waals surface area contributed by atoms with E-state index in [2.05, 4.69) is 6.92 Å². The van der Waals surface area contributed by atoms with E-state index in [-0.39, 0.29) is 0 Å². The molecule has 0 aliphatic carbocycles. The fraction of sp³-hybridized carbons (Fsp3) is 1.00. The number of hydrogen-bond acceptors (Lipinski definition) is 2. The Bertz CT molecular complexity index is 66.3. The molecule has 0 aliphatic rings. The van der Waals surface area contributed by atoms with Gasteiger partial charge in [-0.05, 0) is 25.3 Å². The van der Waals surface area contributed by atoms with E-state index in [1.807, 2.05) is 0 Å². The predicted molar refractivity (Wildman–Crippen MR) is 43.9 cm³/mol. The normalized spacial score (nSPS) is 13.5. The average Bonchev–Trinajstić information content (AvgIpc) is 1.98. The lowest BCUT2D eigenvalue weighted by Gasteiger charge is -2.11. The maximum Gasteiger partial charge on any atom is 0.0464 e. The second kappa shape index (κ2) is 7.03. The maximum atomic E-state index is 5.44. The van der Waals surface area contributed by atoms with Crippen LogP contribution >= 0.6 is 0 Å². The van der Waals surface area contributed by atoms with Gasteiger partial charge in [0, 0.05) is 13.7 Å². The maximum absolute atomic E-state index is 5.44. The molecule has 0 aromatic carbocycles. The van der Waals surface area contributed by atoms with Gasteiger partial charge in [0.1, 0.15) is 0 Å². The molecule has 2 N–H and O–H groups in total. The van der Waals surface area contributed by atoms with E-state index < -0.39 is 0 Å². The lowest BCUT2D eigenvalue weighted by Crippen LogP contribution is -2.09. The lowest BCUT2D eigenvalue weighted by molar-refractivity contribution is 0.174. The molecule has 0 bridgehead atoms. The molecule has 0 saturated carbocycles. The Morgan fingerprint density at radius 3 is 2.50 bits per heavy atom. The Kier molecular flexibility index (Phi) is 6.98. The highest BCUT2D eigenvalue weighted by molar-refractivity contribution is 4.56. The van der Waals surface area contributed by atoms with Crippen LogP contribution in [0.2, 0.25) is 0 Å². The van der Waals surface area contributed by atoms with Crippen LogP contribution < -0.4 is 5.73 Å². The molecule has 2 nitrogen and oxygen atoms in total. The molecule has 1 unspecified atom stereocenters. The molecule has 2 heteroatoms. The van der Waals surface area contributed by atoms with Gasteiger partial charge in [-0.1, -0.05) is 13.3 Å². The summed E-state index contributed by atoms with van der Waals surface area (Å²) >= 11 is 0. The topological polar surface area (TPSA) is 35.2 Å². The first-order valence-electron chi connectivity index (χ1n) is 4.04. The first kappa shape index (κ1) is 9.92. The molecule has 0 spiro atoms. The molecule has 0 heterocycles. The second-order valence-corrected chi connectivity index (χ2v) is 2.63. The van der Waals surface area contributed by atoms with Crippen molar-refractivity contribution >= 4 is 0 Å². The summed E-state index contributed by atoms with van der Waals surface area (Å²) in [7, 11) is 1.75. The zero-order valence-corrected chi connectivity index (χ0v) is 7.10. The van der Waals surface area contributed by atoms with Crippen LogP contribution in [0.5, 0.6) is 0 Å². The van der Waals surface area contributed by atoms with Crippen molar-refractivity contribution < 1.29 is 4.74 Å². The third-order valence-electron chi connectivity index (χ3n) is 1.88. The number of methoxy groups -OCH3 is 1. The minimum absolute atomic E-state index is 0.768. The Balaban J connectivity index is 3.21. The molecule has 0 fully saturated rings. The molecular formula is C8H19NO. The van der Waals surface area contributed by atoms with Gasteiger partial charge in [-0.3, -0.25) is 0 Å². The molecule has 0 saturated heterocycles. The summed E-state index contributed by atoms with van der Waals surface area (Å²) in [6.45, 7) is 3.89. The first-order valence-corrected chi connectivity index (χ1v) is 4.04. The van der Waals surface area contributed by atoms with Crippen molar-refractivity contribution in [3.05, 3.63) is 0 Å². The third kappa shape index (κ3) is 4.77. The third-order valence-corrected chi connectivity index (χ3v) is 1.88. The standard InChI is InChI=1S/C8H19NO/c1-3-8(4-6-9)5-7-10-2/h8H,3-7,9H2,1-2H3. The molecule has 0 aromatic heterocycles. The second-order valence-electron chi connectivity index (χ2n) is 2.63. The molecular weight excluding hydrogens is 126 g/mol. The SMILES string of the molecule is CCC(CCN)CCOC. The van der Waals surface area contributed by atoms with Gasteiger partial charge in [-0.15, -0.1) is 0 Å². The highest BCUT2D eigenvalue weighted by atomic mass is 16.5. The molecule has 1 atom stereocenters. The lowest BCUT2D eigenvalue weighted by atomic mass is 9.99. The van der Waals surface area contributed by atoms with Crippen molar-refractivity contribution in [2.75, 3.05) is 20.3 Å². The van der Waals surface area contributed by atoms with Crippen molar-refractivity contribution in [1.82, 2.24) is 0 Å². The Labute approximate surface area is 63.7 Å². The summed E-state index contributed by atoms with van der Waals surface area (Å²) in [6.07, 6.45) is 3.52. The van der Waals surface area contributed by atoms with Gasteiger partial charge >= 0.3 is 0 Å². The zero-order valence-electron chi connectivity index (χ0n) is 7.10. The van der Waals surface area contributed by atoms with Gasteiger partial charge in [0.15, 0.2) is 0 Å². The van der Waals surface area contributed by atoms with Crippen LogP contribution in [0.25, 0.3) is 0 Å². The van der Waals surface area contributed by atoms with Crippen LogP contribution in [0.15, 0.2) is 0 Å². The Morgan fingerprint density at radius 1 is 1.40 bits per heavy atom. The molecule has 0 aliphatic heterocycles. The van der Waals surface area contributed by atoms with E-state index in [0.29, 0.717) is 0 Å². The van der Waals surface area contributed by atoms with Gasteiger partial charge in [0.05, 0.1) is 0 Å². The van der Waals surface area contributed by atoms with Crippen molar-refractivity contribution in [2.24, 2.45) is 11.7 Å². The van der Waals surface area contributed by atoms with Crippen LogP contribution in [0.3, 0.4) is 0 Å². The van der Waals surface area contributed by atoms with E-state index >= 15 is 0 Å². The van der Waals surface area contributed by atoms with E-state index in [1.54, 1.807) is 7.11 Å². The highest BCUT2D eigenvalue weighted by Gasteiger charge is 2.03. The molecule has 10 heavy (non-hydrogen) atoms. The monoisotopic (exact) mass is 145 g/mol. The van der Waals surface area contributed by atoms with E-state index in [9.17, 15) is 0 Å². The first-order chi connectivity index (χ1) is 4.85. The van der Waals surface area contributed by atoms with Crippen molar-refractivity contribution in [3.8, 4) is 0 Å². The van der Waals surface area contributed by atoms with Crippen molar-refractivity contribution in [2.45, 2.75) is 26.2 Å². The van der Waals surface area contributed by atoms with Crippen LogP contribution in [-0.4, -0.2) is 20.3 Å². The highest BCUT2D eigenvalue weighted by Crippen LogP contribution is 2.11.